The fourth-order valence-electron chi connectivity index (χ4n) is 5.13. The summed E-state index contributed by atoms with van der Waals surface area (Å²) in [5, 5.41) is 5.63. The predicted octanol–water partition coefficient (Wildman–Crippen LogP) is 3.45. The Bertz CT molecular complexity index is 1680. The number of hydrogen-bond donors (Lipinski definition) is 1. The third-order valence-corrected chi connectivity index (χ3v) is 7.02. The number of oxazole rings is 1. The molecule has 0 saturated carbocycles. The Kier molecular flexibility index (Phi) is 6.74. The third kappa shape index (κ3) is 4.97. The zero-order chi connectivity index (χ0) is 26.9. The van der Waals surface area contributed by atoms with Gasteiger partial charge in [-0.2, -0.15) is 5.10 Å². The van der Waals surface area contributed by atoms with Crippen LogP contribution in [0.1, 0.15) is 29.0 Å². The van der Waals surface area contributed by atoms with Crippen molar-refractivity contribution in [1.29, 1.82) is 0 Å². The Hall–Kier alpha value is -4.25. The molecule has 0 aliphatic carbocycles. The molecular formula is C28H28BN7O3. The van der Waals surface area contributed by atoms with Crippen molar-refractivity contribution in [3.63, 3.8) is 0 Å². The molecule has 2 aromatic carbocycles. The highest BCUT2D eigenvalue weighted by atomic mass is 16.5. The molecule has 4 heterocycles. The maximum Gasteiger partial charge on any atom is 0.225 e. The van der Waals surface area contributed by atoms with Gasteiger partial charge >= 0.3 is 0 Å². The van der Waals surface area contributed by atoms with Gasteiger partial charge in [0, 0.05) is 32.2 Å². The van der Waals surface area contributed by atoms with Gasteiger partial charge in [0.05, 0.1) is 32.8 Å². The van der Waals surface area contributed by atoms with Crippen LogP contribution in [0.25, 0.3) is 33.4 Å². The van der Waals surface area contributed by atoms with Gasteiger partial charge in [-0.05, 0) is 41.3 Å². The molecule has 2 N–H and O–H groups in total. The minimum Gasteiger partial charge on any atom is -0.441 e. The van der Waals surface area contributed by atoms with E-state index in [1.54, 1.807) is 0 Å². The van der Waals surface area contributed by atoms with Gasteiger partial charge in [-0.15, -0.1) is 0 Å². The Morgan fingerprint density at radius 2 is 2.05 bits per heavy atom. The van der Waals surface area contributed by atoms with Crippen molar-refractivity contribution in [3.05, 3.63) is 65.3 Å². The summed E-state index contributed by atoms with van der Waals surface area (Å²) in [6.07, 6.45) is 3.09. The van der Waals surface area contributed by atoms with Crippen LogP contribution in [-0.4, -0.2) is 63.1 Å². The number of aryl methyl sites for hydroxylation is 1. The Balaban J connectivity index is 1.25. The average molecular weight is 521 g/mol. The van der Waals surface area contributed by atoms with Gasteiger partial charge in [0.2, 0.25) is 5.91 Å². The van der Waals surface area contributed by atoms with Crippen molar-refractivity contribution in [1.82, 2.24) is 29.6 Å². The number of anilines is 1. The molecule has 0 saturated heterocycles. The first-order chi connectivity index (χ1) is 19.0. The van der Waals surface area contributed by atoms with Gasteiger partial charge in [-0.25, -0.2) is 19.6 Å². The first kappa shape index (κ1) is 25.1. The van der Waals surface area contributed by atoms with Crippen LogP contribution in [0.15, 0.2) is 47.1 Å². The fourth-order valence-corrected chi connectivity index (χ4v) is 5.13. The number of benzene rings is 2. The standard InChI is InChI=1S/C28H28BN7O3/c1-17-33-22-13-20(4-5-23(22)39-17)26-25-27(30)31-16-32-28(25)36(34-26)14-18-2-3-21-15-35(9-6-19(21)12-18)24(37)7-10-38-11-8-29/h2-5,12-13,16H,6-11,14-15H2,1H3,(H2,30,31,32). The Morgan fingerprint density at radius 1 is 1.15 bits per heavy atom. The van der Waals surface area contributed by atoms with E-state index in [1.807, 2.05) is 34.7 Å². The van der Waals surface area contributed by atoms with Crippen molar-refractivity contribution in [2.75, 3.05) is 25.5 Å². The quantitative estimate of drug-likeness (QED) is 0.243. The molecule has 1 aliphatic heterocycles. The average Bonchev–Trinajstić information content (AvgIpc) is 3.50. The number of nitrogen functional groups attached to an aromatic ring is 1. The number of aromatic nitrogens is 5. The predicted molar refractivity (Wildman–Crippen MR) is 148 cm³/mol. The third-order valence-electron chi connectivity index (χ3n) is 7.02. The lowest BCUT2D eigenvalue weighted by atomic mass is 9.97. The molecule has 0 fully saturated rings. The van der Waals surface area contributed by atoms with E-state index in [4.69, 9.17) is 27.8 Å². The highest BCUT2D eigenvalue weighted by Gasteiger charge is 2.22. The molecular weight excluding hydrogens is 493 g/mol. The van der Waals surface area contributed by atoms with Crippen molar-refractivity contribution < 1.29 is 13.9 Å². The van der Waals surface area contributed by atoms with Crippen molar-refractivity contribution in [2.45, 2.75) is 39.2 Å². The van der Waals surface area contributed by atoms with Crippen LogP contribution in [-0.2, 0) is 29.0 Å². The summed E-state index contributed by atoms with van der Waals surface area (Å²) in [7, 11) is 5.44. The number of amides is 1. The second-order valence-corrected chi connectivity index (χ2v) is 9.70. The van der Waals surface area contributed by atoms with Crippen LogP contribution in [0.5, 0.6) is 0 Å². The van der Waals surface area contributed by atoms with Gasteiger partial charge < -0.3 is 19.8 Å². The van der Waals surface area contributed by atoms with E-state index < -0.39 is 0 Å². The van der Waals surface area contributed by atoms with E-state index in [2.05, 4.69) is 33.2 Å². The molecule has 0 spiro atoms. The second-order valence-electron chi connectivity index (χ2n) is 9.70. The van der Waals surface area contributed by atoms with Gasteiger partial charge in [0.25, 0.3) is 0 Å². The molecule has 1 aliphatic rings. The van der Waals surface area contributed by atoms with Crippen LogP contribution in [0.3, 0.4) is 0 Å². The minimum absolute atomic E-state index is 0.105. The zero-order valence-corrected chi connectivity index (χ0v) is 21.8. The molecule has 6 rings (SSSR count). The summed E-state index contributed by atoms with van der Waals surface area (Å²) < 4.78 is 12.9. The number of ether oxygens (including phenoxy) is 1. The van der Waals surface area contributed by atoms with E-state index in [1.165, 1.54) is 11.9 Å². The van der Waals surface area contributed by atoms with Crippen LogP contribution < -0.4 is 5.73 Å². The zero-order valence-electron chi connectivity index (χ0n) is 21.8. The highest BCUT2D eigenvalue weighted by Crippen LogP contribution is 2.32. The summed E-state index contributed by atoms with van der Waals surface area (Å²) >= 11 is 0. The number of carbonyl (C=O) groups is 1. The van der Waals surface area contributed by atoms with Gasteiger partial charge in [-0.3, -0.25) is 4.79 Å². The van der Waals surface area contributed by atoms with Crippen molar-refractivity contribution in [2.24, 2.45) is 0 Å². The number of fused-ring (bicyclic) bond motifs is 3. The number of carbonyl (C=O) groups excluding carboxylic acids is 1. The van der Waals surface area contributed by atoms with Crippen LogP contribution in [0.2, 0.25) is 6.32 Å². The van der Waals surface area contributed by atoms with Gasteiger partial charge in [0.1, 0.15) is 23.4 Å². The molecule has 11 heteroatoms. The lowest BCUT2D eigenvalue weighted by Gasteiger charge is -2.29. The van der Waals surface area contributed by atoms with Crippen molar-refractivity contribution in [3.8, 4) is 11.3 Å². The maximum atomic E-state index is 12.6. The summed E-state index contributed by atoms with van der Waals surface area (Å²) in [6, 6.07) is 12.2. The molecule has 0 atom stereocenters. The smallest absolute Gasteiger partial charge is 0.225 e. The Morgan fingerprint density at radius 3 is 2.92 bits per heavy atom. The monoisotopic (exact) mass is 521 g/mol. The molecule has 3 aromatic heterocycles. The summed E-state index contributed by atoms with van der Waals surface area (Å²) in [6.45, 7) is 4.51. The fraction of sp³-hybridized carbons (Fsp3) is 0.321. The van der Waals surface area contributed by atoms with Crippen LogP contribution in [0.4, 0.5) is 5.82 Å². The molecule has 0 bridgehead atoms. The van der Waals surface area contributed by atoms with Gasteiger partial charge in [0.15, 0.2) is 17.1 Å². The lowest BCUT2D eigenvalue weighted by Crippen LogP contribution is -2.36. The first-order valence-corrected chi connectivity index (χ1v) is 13.0. The summed E-state index contributed by atoms with van der Waals surface area (Å²) in [5.74, 6) is 1.09. The topological polar surface area (TPSA) is 125 Å². The number of nitrogens with two attached hydrogens (primary N) is 1. The summed E-state index contributed by atoms with van der Waals surface area (Å²) in [4.78, 5) is 27.7. The first-order valence-electron chi connectivity index (χ1n) is 13.0. The molecule has 0 unspecified atom stereocenters. The second kappa shape index (κ2) is 10.5. The van der Waals surface area contributed by atoms with E-state index in [0.29, 0.717) is 74.0 Å². The Labute approximate surface area is 226 Å². The molecule has 5 aromatic rings. The van der Waals surface area contributed by atoms with Gasteiger partial charge in [-0.1, -0.05) is 24.5 Å². The van der Waals surface area contributed by atoms with Crippen molar-refractivity contribution >= 4 is 41.7 Å². The van der Waals surface area contributed by atoms with E-state index in [-0.39, 0.29) is 5.91 Å². The number of rotatable bonds is 8. The molecule has 39 heavy (non-hydrogen) atoms. The molecule has 1 amide bonds. The lowest BCUT2D eigenvalue weighted by molar-refractivity contribution is -0.133. The van der Waals surface area contributed by atoms with E-state index in [0.717, 1.165) is 34.2 Å². The molecule has 196 valence electrons. The SMILES string of the molecule is [B]CCOCCC(=O)N1CCc2cc(Cn3nc(-c4ccc5oc(C)nc5c4)c4c(N)ncnc43)ccc2C1. The van der Waals surface area contributed by atoms with Crippen LogP contribution in [0, 0.1) is 6.92 Å². The minimum atomic E-state index is 0.105. The number of hydrogen-bond acceptors (Lipinski definition) is 8. The molecule has 2 radical (unpaired) electrons. The highest BCUT2D eigenvalue weighted by molar-refractivity contribution is 6.08. The summed E-state index contributed by atoms with van der Waals surface area (Å²) in [5.41, 5.74) is 13.5. The molecule has 10 nitrogen and oxygen atoms in total. The van der Waals surface area contributed by atoms with Crippen LogP contribution >= 0.6 is 0 Å². The normalized spacial score (nSPS) is 13.3. The largest absolute Gasteiger partial charge is 0.441 e. The van der Waals surface area contributed by atoms with E-state index in [9.17, 15) is 4.79 Å². The van der Waals surface area contributed by atoms with E-state index >= 15 is 0 Å². The maximum absolute atomic E-state index is 12.6. The number of nitrogens with zero attached hydrogens (tertiary/aromatic N) is 6.